The van der Waals surface area contributed by atoms with Gasteiger partial charge in [0.1, 0.15) is 5.75 Å². The summed E-state index contributed by atoms with van der Waals surface area (Å²) in [6.07, 6.45) is -2.75. The van der Waals surface area contributed by atoms with Gasteiger partial charge in [0.25, 0.3) is 0 Å². The number of hydrogen-bond donors (Lipinski definition) is 2. The van der Waals surface area contributed by atoms with E-state index in [1.807, 2.05) is 18.5 Å². The molecule has 2 aromatic carbocycles. The Hall–Kier alpha value is -3.01. The molecule has 0 aliphatic rings. The number of hydrogen-bond acceptors (Lipinski definition) is 3. The van der Waals surface area contributed by atoms with Crippen molar-refractivity contribution in [3.8, 4) is 17.0 Å². The van der Waals surface area contributed by atoms with E-state index < -0.39 is 17.8 Å². The third-order valence-corrected chi connectivity index (χ3v) is 5.33. The van der Waals surface area contributed by atoms with Crippen molar-refractivity contribution in [3.05, 3.63) is 58.2 Å². The van der Waals surface area contributed by atoms with Crippen LogP contribution in [0.15, 0.2) is 47.1 Å². The highest BCUT2D eigenvalue weighted by Crippen LogP contribution is 2.38. The number of methoxy groups -OCH3 is 1. The van der Waals surface area contributed by atoms with Crippen LogP contribution in [-0.4, -0.2) is 22.9 Å². The zero-order chi connectivity index (χ0) is 23.6. The quantitative estimate of drug-likeness (QED) is 0.393. The predicted octanol–water partition coefficient (Wildman–Crippen LogP) is 6.87. The van der Waals surface area contributed by atoms with E-state index in [4.69, 9.17) is 4.74 Å². The number of carbonyl (C=O) groups is 1. The summed E-state index contributed by atoms with van der Waals surface area (Å²) in [5.41, 5.74) is 1.80. The molecule has 0 saturated carbocycles. The highest BCUT2D eigenvalue weighted by Gasteiger charge is 2.30. The fourth-order valence-electron chi connectivity index (χ4n) is 3.22. The fraction of sp³-hybridized carbons (Fsp3) is 0.273. The Kier molecular flexibility index (Phi) is 6.82. The number of anilines is 2. The van der Waals surface area contributed by atoms with E-state index in [2.05, 4.69) is 31.7 Å². The van der Waals surface area contributed by atoms with Gasteiger partial charge in [-0.15, -0.1) is 0 Å². The lowest BCUT2D eigenvalue weighted by Gasteiger charge is -2.16. The van der Waals surface area contributed by atoms with Crippen LogP contribution >= 0.6 is 15.9 Å². The molecule has 2 amide bonds. The maximum absolute atomic E-state index is 12.9. The number of halogens is 4. The van der Waals surface area contributed by atoms with Crippen molar-refractivity contribution < 1.29 is 22.7 Å². The molecule has 32 heavy (non-hydrogen) atoms. The molecule has 170 valence electrons. The van der Waals surface area contributed by atoms with Gasteiger partial charge >= 0.3 is 12.2 Å². The van der Waals surface area contributed by atoms with E-state index in [1.165, 1.54) is 13.0 Å². The van der Waals surface area contributed by atoms with E-state index in [9.17, 15) is 18.0 Å². The van der Waals surface area contributed by atoms with Crippen LogP contribution in [0.5, 0.6) is 5.75 Å². The molecule has 0 bridgehead atoms. The Labute approximate surface area is 191 Å². The molecular weight excluding hydrogens is 489 g/mol. The molecule has 0 aliphatic heterocycles. The first-order valence-corrected chi connectivity index (χ1v) is 10.5. The van der Waals surface area contributed by atoms with Crippen LogP contribution in [0, 0.1) is 6.92 Å². The van der Waals surface area contributed by atoms with Gasteiger partial charge in [0.05, 0.1) is 29.0 Å². The Morgan fingerprint density at radius 3 is 2.47 bits per heavy atom. The van der Waals surface area contributed by atoms with Crippen molar-refractivity contribution in [1.82, 2.24) is 9.78 Å². The highest BCUT2D eigenvalue weighted by molar-refractivity contribution is 9.10. The normalized spacial score (nSPS) is 11.5. The lowest BCUT2D eigenvalue weighted by Crippen LogP contribution is -2.20. The number of amides is 2. The van der Waals surface area contributed by atoms with Gasteiger partial charge in [-0.2, -0.15) is 18.3 Å². The van der Waals surface area contributed by atoms with Gasteiger partial charge in [-0.05, 0) is 78.7 Å². The zero-order valence-electron chi connectivity index (χ0n) is 17.8. The van der Waals surface area contributed by atoms with Crippen molar-refractivity contribution in [2.24, 2.45) is 0 Å². The van der Waals surface area contributed by atoms with Gasteiger partial charge in [-0.1, -0.05) is 0 Å². The van der Waals surface area contributed by atoms with Crippen molar-refractivity contribution in [2.75, 3.05) is 17.7 Å². The van der Waals surface area contributed by atoms with Crippen LogP contribution in [0.3, 0.4) is 0 Å². The first-order valence-electron chi connectivity index (χ1n) is 9.68. The number of aromatic nitrogens is 2. The number of alkyl halides is 3. The summed E-state index contributed by atoms with van der Waals surface area (Å²) in [5, 5.41) is 9.68. The maximum atomic E-state index is 12.9. The SMILES string of the molecule is COc1ccc(NC(=O)Nc2ccc(C(F)(F)F)cc2C)cc1-c1c(Br)cnn1C(C)C. The van der Waals surface area contributed by atoms with E-state index in [-0.39, 0.29) is 11.7 Å². The van der Waals surface area contributed by atoms with Crippen LogP contribution in [0.25, 0.3) is 11.3 Å². The molecule has 3 aromatic rings. The van der Waals surface area contributed by atoms with Crippen LogP contribution in [-0.2, 0) is 6.18 Å². The van der Waals surface area contributed by atoms with Crippen molar-refractivity contribution >= 4 is 33.3 Å². The molecule has 3 rings (SSSR count). The largest absolute Gasteiger partial charge is 0.496 e. The molecule has 0 fully saturated rings. The average molecular weight is 511 g/mol. The summed E-state index contributed by atoms with van der Waals surface area (Å²) < 4.78 is 46.6. The number of ether oxygens (including phenoxy) is 1. The summed E-state index contributed by atoms with van der Waals surface area (Å²) >= 11 is 3.51. The second kappa shape index (κ2) is 9.23. The summed E-state index contributed by atoms with van der Waals surface area (Å²) in [5.74, 6) is 0.595. The lowest BCUT2D eigenvalue weighted by molar-refractivity contribution is -0.137. The summed E-state index contributed by atoms with van der Waals surface area (Å²) in [7, 11) is 1.55. The Morgan fingerprint density at radius 2 is 1.88 bits per heavy atom. The number of nitrogens with one attached hydrogen (secondary N) is 2. The van der Waals surface area contributed by atoms with E-state index in [0.29, 0.717) is 22.6 Å². The molecule has 6 nitrogen and oxygen atoms in total. The molecular formula is C22H22BrF3N4O2. The first kappa shape index (κ1) is 23.6. The minimum Gasteiger partial charge on any atom is -0.496 e. The van der Waals surface area contributed by atoms with Crippen LogP contribution in [0.4, 0.5) is 29.3 Å². The number of aryl methyl sites for hydroxylation is 1. The Bertz CT molecular complexity index is 1140. The van der Waals surface area contributed by atoms with Gasteiger partial charge in [-0.3, -0.25) is 4.68 Å². The monoisotopic (exact) mass is 510 g/mol. The van der Waals surface area contributed by atoms with Crippen molar-refractivity contribution in [2.45, 2.75) is 33.0 Å². The van der Waals surface area contributed by atoms with Crippen LogP contribution in [0.1, 0.15) is 31.0 Å². The van der Waals surface area contributed by atoms with Gasteiger partial charge in [0, 0.05) is 23.0 Å². The zero-order valence-corrected chi connectivity index (χ0v) is 19.4. The minimum absolute atomic E-state index is 0.0866. The molecule has 1 heterocycles. The number of nitrogens with zero attached hydrogens (tertiary/aromatic N) is 2. The number of urea groups is 1. The van der Waals surface area contributed by atoms with Crippen molar-refractivity contribution in [1.29, 1.82) is 0 Å². The van der Waals surface area contributed by atoms with Gasteiger partial charge < -0.3 is 15.4 Å². The summed E-state index contributed by atoms with van der Waals surface area (Å²) in [6, 6.07) is 7.80. The standard InChI is InChI=1S/C22H22BrF3N4O2/c1-12(2)30-20(17(23)11-27-30)16-10-15(6-8-19(16)32-4)28-21(31)29-18-7-5-14(9-13(18)3)22(24,25)26/h5-12H,1-4H3,(H2,28,29,31). The smallest absolute Gasteiger partial charge is 0.416 e. The van der Waals surface area contributed by atoms with Gasteiger partial charge in [0.2, 0.25) is 0 Å². The molecule has 0 unspecified atom stereocenters. The van der Waals surface area contributed by atoms with Gasteiger partial charge in [0.15, 0.2) is 0 Å². The third-order valence-electron chi connectivity index (χ3n) is 4.75. The Balaban J connectivity index is 1.85. The molecule has 2 N–H and O–H groups in total. The fourth-order valence-corrected chi connectivity index (χ4v) is 3.71. The number of rotatable bonds is 5. The van der Waals surface area contributed by atoms with E-state index in [0.717, 1.165) is 22.3 Å². The molecule has 1 aromatic heterocycles. The second-order valence-corrected chi connectivity index (χ2v) is 8.26. The van der Waals surface area contributed by atoms with Crippen LogP contribution in [0.2, 0.25) is 0 Å². The molecule has 0 saturated heterocycles. The van der Waals surface area contributed by atoms with E-state index >= 15 is 0 Å². The predicted molar refractivity (Wildman–Crippen MR) is 121 cm³/mol. The van der Waals surface area contributed by atoms with Crippen LogP contribution < -0.4 is 15.4 Å². The molecule has 0 aliphatic carbocycles. The molecule has 10 heteroatoms. The number of carbonyl (C=O) groups excluding carboxylic acids is 1. The molecule has 0 radical (unpaired) electrons. The highest BCUT2D eigenvalue weighted by atomic mass is 79.9. The summed E-state index contributed by atoms with van der Waals surface area (Å²) in [6.45, 7) is 5.50. The van der Waals surface area contributed by atoms with Gasteiger partial charge in [-0.25, -0.2) is 4.79 Å². The maximum Gasteiger partial charge on any atom is 0.416 e. The minimum atomic E-state index is -4.44. The number of benzene rings is 2. The Morgan fingerprint density at radius 1 is 1.16 bits per heavy atom. The lowest BCUT2D eigenvalue weighted by atomic mass is 10.1. The third kappa shape index (κ3) is 5.07. The second-order valence-electron chi connectivity index (χ2n) is 7.40. The van der Waals surface area contributed by atoms with E-state index in [1.54, 1.807) is 31.5 Å². The molecule has 0 atom stereocenters. The first-order chi connectivity index (χ1) is 15.0. The average Bonchev–Trinajstić information content (AvgIpc) is 3.10. The topological polar surface area (TPSA) is 68.2 Å². The van der Waals surface area contributed by atoms with Crippen molar-refractivity contribution in [3.63, 3.8) is 0 Å². The molecule has 0 spiro atoms. The summed E-state index contributed by atoms with van der Waals surface area (Å²) in [4.78, 5) is 12.5.